The van der Waals surface area contributed by atoms with Crippen LogP contribution in [0.4, 0.5) is 15.8 Å². The first-order chi connectivity index (χ1) is 15.3. The van der Waals surface area contributed by atoms with Gasteiger partial charge in [-0.25, -0.2) is 4.39 Å². The standard InChI is InChI=1S/C24H29FN4O3/c1-14(2)26-22(31)16-5-9-18(10-6-16)29-21-13-19(30)11-12-20(21)27-24(29)28-23(32)15-3-7-17(25)8-4-15/h3-4,7-8,11-14,16,18,24,27,30H,5-6,9-10H2,1-2H3,(H,26,31)(H,28,32)/t16-,18+,24?. The molecule has 1 atom stereocenters. The highest BCUT2D eigenvalue weighted by molar-refractivity contribution is 5.95. The van der Waals surface area contributed by atoms with Crippen LogP contribution in [0, 0.1) is 11.7 Å². The van der Waals surface area contributed by atoms with Gasteiger partial charge >= 0.3 is 0 Å². The third kappa shape index (κ3) is 4.64. The molecule has 2 aromatic rings. The molecule has 7 nitrogen and oxygen atoms in total. The van der Waals surface area contributed by atoms with Crippen LogP contribution in [0.1, 0.15) is 49.9 Å². The lowest BCUT2D eigenvalue weighted by atomic mass is 9.84. The molecule has 1 aliphatic carbocycles. The zero-order valence-electron chi connectivity index (χ0n) is 18.3. The van der Waals surface area contributed by atoms with Crippen molar-refractivity contribution in [3.63, 3.8) is 0 Å². The fourth-order valence-electron chi connectivity index (χ4n) is 4.55. The van der Waals surface area contributed by atoms with Gasteiger partial charge in [-0.2, -0.15) is 0 Å². The minimum absolute atomic E-state index is 0.0138. The molecule has 1 unspecified atom stereocenters. The zero-order chi connectivity index (χ0) is 22.8. The lowest BCUT2D eigenvalue weighted by Crippen LogP contribution is -2.54. The van der Waals surface area contributed by atoms with Gasteiger partial charge in [0.05, 0.1) is 11.4 Å². The number of phenols is 1. The number of halogens is 1. The van der Waals surface area contributed by atoms with Gasteiger partial charge in [0.1, 0.15) is 11.6 Å². The van der Waals surface area contributed by atoms with Crippen LogP contribution in [0.15, 0.2) is 42.5 Å². The van der Waals surface area contributed by atoms with E-state index in [0.717, 1.165) is 37.1 Å². The Morgan fingerprint density at radius 2 is 1.78 bits per heavy atom. The smallest absolute Gasteiger partial charge is 0.254 e. The van der Waals surface area contributed by atoms with Crippen LogP contribution < -0.4 is 20.9 Å². The molecule has 0 radical (unpaired) electrons. The van der Waals surface area contributed by atoms with Crippen molar-refractivity contribution in [1.29, 1.82) is 0 Å². The van der Waals surface area contributed by atoms with E-state index in [9.17, 15) is 19.1 Å². The van der Waals surface area contributed by atoms with E-state index in [-0.39, 0.29) is 35.6 Å². The molecule has 4 N–H and O–H groups in total. The number of carbonyl (C=O) groups is 2. The molecule has 0 saturated heterocycles. The molecular formula is C24H29FN4O3. The van der Waals surface area contributed by atoms with Gasteiger partial charge in [-0.05, 0) is 75.9 Å². The molecule has 8 heteroatoms. The average molecular weight is 441 g/mol. The Bertz CT molecular complexity index is 987. The van der Waals surface area contributed by atoms with Gasteiger partial charge in [0.2, 0.25) is 5.91 Å². The number of anilines is 2. The number of aromatic hydroxyl groups is 1. The molecule has 1 heterocycles. The van der Waals surface area contributed by atoms with Gasteiger partial charge in [-0.1, -0.05) is 0 Å². The normalized spacial score (nSPS) is 22.2. The number of nitrogens with zero attached hydrogens (tertiary/aromatic N) is 1. The molecule has 1 fully saturated rings. The van der Waals surface area contributed by atoms with Crippen LogP contribution in [0.5, 0.6) is 5.75 Å². The lowest BCUT2D eigenvalue weighted by Gasteiger charge is -2.39. The van der Waals surface area contributed by atoms with E-state index in [4.69, 9.17) is 0 Å². The van der Waals surface area contributed by atoms with E-state index in [2.05, 4.69) is 20.9 Å². The van der Waals surface area contributed by atoms with E-state index >= 15 is 0 Å². The maximum Gasteiger partial charge on any atom is 0.254 e. The fraction of sp³-hybridized carbons (Fsp3) is 0.417. The summed E-state index contributed by atoms with van der Waals surface area (Å²) in [4.78, 5) is 27.3. The third-order valence-corrected chi connectivity index (χ3v) is 6.10. The van der Waals surface area contributed by atoms with E-state index in [0.29, 0.717) is 5.56 Å². The van der Waals surface area contributed by atoms with Crippen LogP contribution in [0.25, 0.3) is 0 Å². The molecule has 0 aromatic heterocycles. The summed E-state index contributed by atoms with van der Waals surface area (Å²) in [5.74, 6) is -0.499. The minimum Gasteiger partial charge on any atom is -0.508 e. The molecular weight excluding hydrogens is 411 g/mol. The molecule has 2 aliphatic rings. The van der Waals surface area contributed by atoms with Gasteiger partial charge in [0.25, 0.3) is 5.91 Å². The monoisotopic (exact) mass is 440 g/mol. The van der Waals surface area contributed by atoms with Crippen LogP contribution in [0.2, 0.25) is 0 Å². The highest BCUT2D eigenvalue weighted by Crippen LogP contribution is 2.41. The number of hydrogen-bond acceptors (Lipinski definition) is 5. The van der Waals surface area contributed by atoms with Crippen LogP contribution in [-0.2, 0) is 4.79 Å². The number of hydrogen-bond donors (Lipinski definition) is 4. The zero-order valence-corrected chi connectivity index (χ0v) is 18.3. The number of rotatable bonds is 5. The quantitative estimate of drug-likeness (QED) is 0.534. The van der Waals surface area contributed by atoms with Crippen molar-refractivity contribution < 1.29 is 19.1 Å². The van der Waals surface area contributed by atoms with Crippen molar-refractivity contribution >= 4 is 23.2 Å². The maximum atomic E-state index is 13.2. The Kier molecular flexibility index (Phi) is 6.21. The first kappa shape index (κ1) is 21.9. The van der Waals surface area contributed by atoms with E-state index < -0.39 is 12.1 Å². The molecule has 1 aliphatic heterocycles. The summed E-state index contributed by atoms with van der Waals surface area (Å²) in [6, 6.07) is 10.7. The third-order valence-electron chi connectivity index (χ3n) is 6.10. The number of nitrogens with one attached hydrogen (secondary N) is 3. The molecule has 170 valence electrons. The first-order valence-corrected chi connectivity index (χ1v) is 11.1. The number of phenolic OH excluding ortho intramolecular Hbond substituents is 1. The van der Waals surface area contributed by atoms with Crippen molar-refractivity contribution in [2.24, 2.45) is 5.92 Å². The van der Waals surface area contributed by atoms with Gasteiger partial charge in [0, 0.05) is 29.6 Å². The summed E-state index contributed by atoms with van der Waals surface area (Å²) in [5, 5.41) is 19.3. The van der Waals surface area contributed by atoms with Crippen LogP contribution >= 0.6 is 0 Å². The largest absolute Gasteiger partial charge is 0.508 e. The second-order valence-electron chi connectivity index (χ2n) is 8.80. The Labute approximate surface area is 187 Å². The summed E-state index contributed by atoms with van der Waals surface area (Å²) in [6.07, 6.45) is 2.57. The minimum atomic E-state index is -0.518. The molecule has 0 spiro atoms. The highest BCUT2D eigenvalue weighted by Gasteiger charge is 2.38. The van der Waals surface area contributed by atoms with E-state index in [1.165, 1.54) is 24.3 Å². The van der Waals surface area contributed by atoms with Crippen molar-refractivity contribution in [3.05, 3.63) is 53.8 Å². The summed E-state index contributed by atoms with van der Waals surface area (Å²) in [7, 11) is 0. The van der Waals surface area contributed by atoms with Crippen molar-refractivity contribution in [2.45, 2.75) is 57.9 Å². The second kappa shape index (κ2) is 9.06. The van der Waals surface area contributed by atoms with Gasteiger partial charge in [-0.3, -0.25) is 9.59 Å². The van der Waals surface area contributed by atoms with Crippen molar-refractivity contribution in [3.8, 4) is 5.75 Å². The van der Waals surface area contributed by atoms with Crippen LogP contribution in [0.3, 0.4) is 0 Å². The Hall–Kier alpha value is -3.29. The SMILES string of the molecule is CC(C)NC(=O)[C@H]1CC[C@@H](N2c3cc(O)ccc3NC2NC(=O)c2ccc(F)cc2)CC1. The predicted octanol–water partition coefficient (Wildman–Crippen LogP) is 3.56. The van der Waals surface area contributed by atoms with Gasteiger partial charge in [0.15, 0.2) is 6.29 Å². The molecule has 4 rings (SSSR count). The summed E-state index contributed by atoms with van der Waals surface area (Å²) in [5.41, 5.74) is 1.98. The van der Waals surface area contributed by atoms with Crippen molar-refractivity contribution in [2.75, 3.05) is 10.2 Å². The predicted molar refractivity (Wildman–Crippen MR) is 121 cm³/mol. The molecule has 32 heavy (non-hydrogen) atoms. The second-order valence-corrected chi connectivity index (χ2v) is 8.80. The number of fused-ring (bicyclic) bond motifs is 1. The van der Waals surface area contributed by atoms with Gasteiger partial charge < -0.3 is 26.0 Å². The summed E-state index contributed by atoms with van der Waals surface area (Å²) >= 11 is 0. The summed E-state index contributed by atoms with van der Waals surface area (Å²) in [6.45, 7) is 3.91. The molecule has 1 saturated carbocycles. The maximum absolute atomic E-state index is 13.2. The fourth-order valence-corrected chi connectivity index (χ4v) is 4.55. The average Bonchev–Trinajstić information content (AvgIpc) is 3.10. The first-order valence-electron chi connectivity index (χ1n) is 11.1. The number of carbonyl (C=O) groups excluding carboxylic acids is 2. The number of amides is 2. The van der Waals surface area contributed by atoms with Crippen molar-refractivity contribution in [1.82, 2.24) is 10.6 Å². The summed E-state index contributed by atoms with van der Waals surface area (Å²) < 4.78 is 13.2. The topological polar surface area (TPSA) is 93.7 Å². The molecule has 2 amide bonds. The Morgan fingerprint density at radius 1 is 1.09 bits per heavy atom. The van der Waals surface area contributed by atoms with E-state index in [1.54, 1.807) is 18.2 Å². The lowest BCUT2D eigenvalue weighted by molar-refractivity contribution is -0.126. The van der Waals surface area contributed by atoms with Gasteiger partial charge in [-0.15, -0.1) is 0 Å². The molecule has 0 bridgehead atoms. The van der Waals surface area contributed by atoms with E-state index in [1.807, 2.05) is 13.8 Å². The Morgan fingerprint density at radius 3 is 2.44 bits per heavy atom. The highest BCUT2D eigenvalue weighted by atomic mass is 19.1. The van der Waals surface area contributed by atoms with Crippen LogP contribution in [-0.4, -0.2) is 35.3 Å². The number of benzene rings is 2. The molecule has 2 aromatic carbocycles. The Balaban J connectivity index is 1.51.